The molecule has 1 fully saturated rings. The Kier molecular flexibility index (Phi) is 3.25. The number of halogens is 1. The Morgan fingerprint density at radius 2 is 2.11 bits per heavy atom. The maximum Gasteiger partial charge on any atom is 0.165 e. The van der Waals surface area contributed by atoms with E-state index < -0.39 is 0 Å². The zero-order valence-electron chi connectivity index (χ0n) is 10.8. The SMILES string of the molecule is CC(c1ccc(F)cc1)n1nnnc1CNC1CC1. The third-order valence-electron chi connectivity index (χ3n) is 3.41. The van der Waals surface area contributed by atoms with E-state index in [1.54, 1.807) is 16.8 Å². The highest BCUT2D eigenvalue weighted by Gasteiger charge is 2.22. The molecule has 1 saturated carbocycles. The Bertz CT molecular complexity index is 546. The normalized spacial score (nSPS) is 16.5. The molecule has 0 aliphatic heterocycles. The third kappa shape index (κ3) is 2.78. The minimum atomic E-state index is -0.233. The molecule has 1 unspecified atom stereocenters. The summed E-state index contributed by atoms with van der Waals surface area (Å²) in [7, 11) is 0. The van der Waals surface area contributed by atoms with Crippen molar-refractivity contribution in [3.05, 3.63) is 41.5 Å². The standard InChI is InChI=1S/C13H16FN5/c1-9(10-2-4-11(14)5-3-10)19-13(16-17-18-19)8-15-12-6-7-12/h2-5,9,12,15H,6-8H2,1H3. The van der Waals surface area contributed by atoms with E-state index in [1.165, 1.54) is 25.0 Å². The van der Waals surface area contributed by atoms with E-state index in [4.69, 9.17) is 0 Å². The molecule has 1 N–H and O–H groups in total. The predicted octanol–water partition coefficient (Wildman–Crippen LogP) is 1.67. The highest BCUT2D eigenvalue weighted by molar-refractivity contribution is 5.20. The minimum absolute atomic E-state index is 0.00777. The van der Waals surface area contributed by atoms with Crippen LogP contribution in [0.25, 0.3) is 0 Å². The van der Waals surface area contributed by atoms with Gasteiger partial charge in [0.2, 0.25) is 0 Å². The number of nitrogens with one attached hydrogen (secondary N) is 1. The van der Waals surface area contributed by atoms with Crippen molar-refractivity contribution in [1.82, 2.24) is 25.5 Å². The van der Waals surface area contributed by atoms with E-state index in [9.17, 15) is 4.39 Å². The average Bonchev–Trinajstić information content (AvgIpc) is 3.13. The molecule has 1 aliphatic carbocycles. The Balaban J connectivity index is 1.76. The van der Waals surface area contributed by atoms with Crippen LogP contribution in [0.3, 0.4) is 0 Å². The van der Waals surface area contributed by atoms with Crippen LogP contribution in [0.1, 0.15) is 37.2 Å². The largest absolute Gasteiger partial charge is 0.307 e. The lowest BCUT2D eigenvalue weighted by atomic mass is 10.1. The van der Waals surface area contributed by atoms with Crippen LogP contribution in [0.2, 0.25) is 0 Å². The van der Waals surface area contributed by atoms with Crippen molar-refractivity contribution in [2.75, 3.05) is 0 Å². The number of benzene rings is 1. The first-order chi connectivity index (χ1) is 9.24. The lowest BCUT2D eigenvalue weighted by molar-refractivity contribution is 0.503. The second kappa shape index (κ2) is 5.05. The highest BCUT2D eigenvalue weighted by Crippen LogP contribution is 2.21. The Morgan fingerprint density at radius 1 is 1.37 bits per heavy atom. The summed E-state index contributed by atoms with van der Waals surface area (Å²) in [5.74, 6) is 0.576. The molecule has 0 spiro atoms. The molecule has 3 rings (SSSR count). The fourth-order valence-corrected chi connectivity index (χ4v) is 2.04. The van der Waals surface area contributed by atoms with Gasteiger partial charge in [-0.15, -0.1) is 5.10 Å². The number of hydrogen-bond donors (Lipinski definition) is 1. The molecule has 5 nitrogen and oxygen atoms in total. The van der Waals surface area contributed by atoms with Crippen molar-refractivity contribution in [3.63, 3.8) is 0 Å². The van der Waals surface area contributed by atoms with Crippen molar-refractivity contribution in [3.8, 4) is 0 Å². The number of nitrogens with zero attached hydrogens (tertiary/aromatic N) is 4. The number of aromatic nitrogens is 4. The second-order valence-electron chi connectivity index (χ2n) is 4.92. The maximum absolute atomic E-state index is 12.9. The van der Waals surface area contributed by atoms with Gasteiger partial charge in [0.25, 0.3) is 0 Å². The summed E-state index contributed by atoms with van der Waals surface area (Å²) in [6.07, 6.45) is 2.46. The first-order valence-corrected chi connectivity index (χ1v) is 6.49. The quantitative estimate of drug-likeness (QED) is 0.889. The molecule has 6 heteroatoms. The topological polar surface area (TPSA) is 55.6 Å². The Morgan fingerprint density at radius 3 is 2.79 bits per heavy atom. The monoisotopic (exact) mass is 261 g/mol. The summed E-state index contributed by atoms with van der Waals surface area (Å²) in [6, 6.07) is 7.05. The van der Waals surface area contributed by atoms with Crippen molar-refractivity contribution >= 4 is 0 Å². The van der Waals surface area contributed by atoms with Crippen LogP contribution in [0, 0.1) is 5.82 Å². The van der Waals surface area contributed by atoms with Gasteiger partial charge in [-0.25, -0.2) is 9.07 Å². The van der Waals surface area contributed by atoms with Gasteiger partial charge in [-0.05, 0) is 47.9 Å². The summed E-state index contributed by atoms with van der Waals surface area (Å²) < 4.78 is 14.7. The number of tetrazole rings is 1. The smallest absolute Gasteiger partial charge is 0.165 e. The Hall–Kier alpha value is -1.82. The van der Waals surface area contributed by atoms with Crippen LogP contribution in [0.5, 0.6) is 0 Å². The van der Waals surface area contributed by atoms with Crippen LogP contribution in [0.4, 0.5) is 4.39 Å². The summed E-state index contributed by atoms with van der Waals surface area (Å²) in [4.78, 5) is 0. The summed E-state index contributed by atoms with van der Waals surface area (Å²) in [5.41, 5.74) is 0.987. The molecule has 0 amide bonds. The van der Waals surface area contributed by atoms with Crippen LogP contribution in [0.15, 0.2) is 24.3 Å². The maximum atomic E-state index is 12.9. The van der Waals surface area contributed by atoms with Crippen molar-refractivity contribution in [1.29, 1.82) is 0 Å². The van der Waals surface area contributed by atoms with Crippen LogP contribution < -0.4 is 5.32 Å². The first-order valence-electron chi connectivity index (χ1n) is 6.49. The third-order valence-corrected chi connectivity index (χ3v) is 3.41. The van der Waals surface area contributed by atoms with E-state index in [-0.39, 0.29) is 11.9 Å². The minimum Gasteiger partial charge on any atom is -0.307 e. The molecule has 100 valence electrons. The van der Waals surface area contributed by atoms with Gasteiger partial charge in [-0.3, -0.25) is 0 Å². The molecular weight excluding hydrogens is 245 g/mol. The van der Waals surface area contributed by atoms with E-state index in [1.807, 2.05) is 6.92 Å². The highest BCUT2D eigenvalue weighted by atomic mass is 19.1. The van der Waals surface area contributed by atoms with Crippen LogP contribution in [-0.4, -0.2) is 26.2 Å². The fraction of sp³-hybridized carbons (Fsp3) is 0.462. The molecule has 0 radical (unpaired) electrons. The van der Waals surface area contributed by atoms with Gasteiger partial charge in [-0.1, -0.05) is 12.1 Å². The summed E-state index contributed by atoms with van der Waals surface area (Å²) in [5, 5.41) is 15.2. The molecule has 1 aromatic heterocycles. The fourth-order valence-electron chi connectivity index (χ4n) is 2.04. The molecule has 0 bridgehead atoms. The van der Waals surface area contributed by atoms with Crippen LogP contribution >= 0.6 is 0 Å². The number of hydrogen-bond acceptors (Lipinski definition) is 4. The first kappa shape index (κ1) is 12.2. The van der Waals surface area contributed by atoms with Crippen molar-refractivity contribution < 1.29 is 4.39 Å². The molecule has 1 aliphatic rings. The summed E-state index contributed by atoms with van der Waals surface area (Å²) >= 11 is 0. The van der Waals surface area contributed by atoms with Crippen molar-refractivity contribution in [2.24, 2.45) is 0 Å². The van der Waals surface area contributed by atoms with E-state index in [0.29, 0.717) is 12.6 Å². The molecule has 0 saturated heterocycles. The van der Waals surface area contributed by atoms with Gasteiger partial charge < -0.3 is 5.32 Å². The Labute approximate surface area is 110 Å². The van der Waals surface area contributed by atoms with Gasteiger partial charge >= 0.3 is 0 Å². The van der Waals surface area contributed by atoms with Crippen LogP contribution in [-0.2, 0) is 6.54 Å². The zero-order chi connectivity index (χ0) is 13.2. The lowest BCUT2D eigenvalue weighted by Crippen LogP contribution is -2.21. The van der Waals surface area contributed by atoms with Gasteiger partial charge in [0.15, 0.2) is 5.82 Å². The molecular formula is C13H16FN5. The summed E-state index contributed by atoms with van der Waals surface area (Å²) in [6.45, 7) is 2.67. The average molecular weight is 261 g/mol. The molecule has 2 aromatic rings. The number of rotatable bonds is 5. The zero-order valence-corrected chi connectivity index (χ0v) is 10.8. The molecule has 1 aromatic carbocycles. The lowest BCUT2D eigenvalue weighted by Gasteiger charge is -2.14. The second-order valence-corrected chi connectivity index (χ2v) is 4.92. The molecule has 19 heavy (non-hydrogen) atoms. The van der Waals surface area contributed by atoms with E-state index in [2.05, 4.69) is 20.8 Å². The van der Waals surface area contributed by atoms with Gasteiger partial charge in [-0.2, -0.15) is 0 Å². The van der Waals surface area contributed by atoms with Gasteiger partial charge in [0.05, 0.1) is 12.6 Å². The predicted molar refractivity (Wildman–Crippen MR) is 67.9 cm³/mol. The molecule has 1 atom stereocenters. The van der Waals surface area contributed by atoms with Crippen molar-refractivity contribution in [2.45, 2.75) is 38.4 Å². The van der Waals surface area contributed by atoms with Gasteiger partial charge in [0, 0.05) is 6.04 Å². The van der Waals surface area contributed by atoms with E-state index >= 15 is 0 Å². The molecule has 1 heterocycles. The van der Waals surface area contributed by atoms with E-state index in [0.717, 1.165) is 11.4 Å². The van der Waals surface area contributed by atoms with Gasteiger partial charge in [0.1, 0.15) is 5.82 Å².